The molecule has 1 aliphatic rings. The summed E-state index contributed by atoms with van der Waals surface area (Å²) in [7, 11) is 1.52. The molecule has 3 rings (SSSR count). The van der Waals surface area contributed by atoms with Gasteiger partial charge in [-0.05, 0) is 6.07 Å². The number of nitrogens with zero attached hydrogens (tertiary/aromatic N) is 2. The third-order valence-electron chi connectivity index (χ3n) is 2.97. The van der Waals surface area contributed by atoms with Crippen LogP contribution in [0.4, 0.5) is 8.78 Å². The number of carbonyl (C=O) groups is 1. The Morgan fingerprint density at radius 2 is 2.21 bits per heavy atom. The maximum absolute atomic E-state index is 13.6. The molecule has 1 aliphatic heterocycles. The quantitative estimate of drug-likeness (QED) is 0.856. The van der Waals surface area contributed by atoms with Crippen LogP contribution >= 0.6 is 0 Å². The molecule has 2 aromatic rings. The van der Waals surface area contributed by atoms with Gasteiger partial charge in [-0.1, -0.05) is 0 Å². The number of benzene rings is 1. The summed E-state index contributed by atoms with van der Waals surface area (Å²) in [5.74, 6) is -2.88. The summed E-state index contributed by atoms with van der Waals surface area (Å²) in [6.07, 6.45) is 0. The highest BCUT2D eigenvalue weighted by Crippen LogP contribution is 2.40. The normalized spacial score (nSPS) is 12.6. The lowest BCUT2D eigenvalue weighted by Gasteiger charge is -2.19. The molecule has 0 bridgehead atoms. The largest absolute Gasteiger partial charge is 0.485 e. The van der Waals surface area contributed by atoms with Gasteiger partial charge in [0.05, 0.1) is 11.3 Å². The molecule has 0 spiro atoms. The van der Waals surface area contributed by atoms with Crippen LogP contribution in [0.2, 0.25) is 0 Å². The Hall–Kier alpha value is -2.44. The van der Waals surface area contributed by atoms with Gasteiger partial charge in [-0.3, -0.25) is 4.68 Å². The van der Waals surface area contributed by atoms with Gasteiger partial charge in [-0.15, -0.1) is 0 Å². The summed E-state index contributed by atoms with van der Waals surface area (Å²) in [5, 5.41) is 12.9. The zero-order chi connectivity index (χ0) is 13.7. The summed E-state index contributed by atoms with van der Waals surface area (Å²) in [6.45, 7) is -0.111. The van der Waals surface area contributed by atoms with Crippen LogP contribution in [-0.4, -0.2) is 20.9 Å². The molecule has 0 radical (unpaired) electrons. The third-order valence-corrected chi connectivity index (χ3v) is 2.97. The highest BCUT2D eigenvalue weighted by Gasteiger charge is 2.30. The number of rotatable bonds is 1. The summed E-state index contributed by atoms with van der Waals surface area (Å²) < 4.78 is 33.4. The Kier molecular flexibility index (Phi) is 2.31. The van der Waals surface area contributed by atoms with E-state index in [1.807, 2.05) is 0 Å². The van der Waals surface area contributed by atoms with Gasteiger partial charge in [-0.25, -0.2) is 13.6 Å². The van der Waals surface area contributed by atoms with E-state index in [0.717, 1.165) is 12.1 Å². The van der Waals surface area contributed by atoms with E-state index in [9.17, 15) is 13.6 Å². The van der Waals surface area contributed by atoms with Crippen LogP contribution < -0.4 is 4.74 Å². The first-order valence-corrected chi connectivity index (χ1v) is 5.40. The standard InChI is InChI=1S/C12H8F2N2O3/c1-16-10-6-2-5(13)3-8(14)11(6)19-4-7(10)9(15-16)12(17)18/h2-3H,4H2,1H3,(H,17,18). The van der Waals surface area contributed by atoms with Crippen molar-refractivity contribution in [2.24, 2.45) is 7.05 Å². The summed E-state index contributed by atoms with van der Waals surface area (Å²) >= 11 is 0. The van der Waals surface area contributed by atoms with Gasteiger partial charge in [0.25, 0.3) is 0 Å². The molecule has 1 N–H and O–H groups in total. The molecule has 0 unspecified atom stereocenters. The number of fused-ring (bicyclic) bond motifs is 3. The van der Waals surface area contributed by atoms with Crippen molar-refractivity contribution in [2.75, 3.05) is 0 Å². The molecule has 5 nitrogen and oxygen atoms in total. The van der Waals surface area contributed by atoms with Crippen LogP contribution in [-0.2, 0) is 13.7 Å². The first-order chi connectivity index (χ1) is 8.99. The average Bonchev–Trinajstić information content (AvgIpc) is 2.67. The number of aryl methyl sites for hydroxylation is 1. The molecule has 2 heterocycles. The highest BCUT2D eigenvalue weighted by molar-refractivity contribution is 5.90. The second kappa shape index (κ2) is 3.78. The average molecular weight is 266 g/mol. The molecule has 1 aromatic carbocycles. The monoisotopic (exact) mass is 266 g/mol. The van der Waals surface area contributed by atoms with Crippen LogP contribution in [0.5, 0.6) is 5.75 Å². The van der Waals surface area contributed by atoms with E-state index >= 15 is 0 Å². The van der Waals surface area contributed by atoms with E-state index < -0.39 is 17.6 Å². The molecule has 0 saturated heterocycles. The van der Waals surface area contributed by atoms with Crippen LogP contribution in [0.1, 0.15) is 16.1 Å². The van der Waals surface area contributed by atoms with Crippen molar-refractivity contribution in [3.8, 4) is 17.0 Å². The van der Waals surface area contributed by atoms with Gasteiger partial charge in [0.2, 0.25) is 0 Å². The van der Waals surface area contributed by atoms with E-state index in [2.05, 4.69) is 5.10 Å². The van der Waals surface area contributed by atoms with Crippen molar-refractivity contribution in [3.63, 3.8) is 0 Å². The fourth-order valence-corrected chi connectivity index (χ4v) is 2.24. The fourth-order valence-electron chi connectivity index (χ4n) is 2.24. The number of halogens is 2. The Morgan fingerprint density at radius 1 is 1.47 bits per heavy atom. The van der Waals surface area contributed by atoms with Crippen molar-refractivity contribution in [1.29, 1.82) is 0 Å². The minimum atomic E-state index is -1.21. The molecule has 0 fully saturated rings. The predicted molar refractivity (Wildman–Crippen MR) is 59.9 cm³/mol. The second-order valence-corrected chi connectivity index (χ2v) is 4.16. The zero-order valence-corrected chi connectivity index (χ0v) is 9.78. The topological polar surface area (TPSA) is 64.4 Å². The van der Waals surface area contributed by atoms with Crippen LogP contribution in [0.3, 0.4) is 0 Å². The smallest absolute Gasteiger partial charge is 0.356 e. The Balaban J connectivity index is 2.33. The third kappa shape index (κ3) is 1.58. The van der Waals surface area contributed by atoms with Gasteiger partial charge in [0.15, 0.2) is 17.3 Å². The highest BCUT2D eigenvalue weighted by atomic mass is 19.1. The Morgan fingerprint density at radius 3 is 2.89 bits per heavy atom. The van der Waals surface area contributed by atoms with Crippen molar-refractivity contribution in [1.82, 2.24) is 9.78 Å². The molecule has 1 aromatic heterocycles. The van der Waals surface area contributed by atoms with E-state index in [4.69, 9.17) is 9.84 Å². The Bertz CT molecular complexity index is 709. The first-order valence-electron chi connectivity index (χ1n) is 5.40. The Labute approximate surface area is 106 Å². The number of carboxylic acids is 1. The fraction of sp³-hybridized carbons (Fsp3) is 0.167. The van der Waals surface area contributed by atoms with Crippen LogP contribution in [0, 0.1) is 11.6 Å². The second-order valence-electron chi connectivity index (χ2n) is 4.16. The number of carboxylic acid groups (broad SMARTS) is 1. The van der Waals surface area contributed by atoms with Crippen molar-refractivity contribution < 1.29 is 23.4 Å². The lowest BCUT2D eigenvalue weighted by molar-refractivity contribution is 0.0686. The molecule has 0 atom stereocenters. The van der Waals surface area contributed by atoms with Crippen LogP contribution in [0.15, 0.2) is 12.1 Å². The van der Waals surface area contributed by atoms with Crippen LogP contribution in [0.25, 0.3) is 11.3 Å². The summed E-state index contributed by atoms with van der Waals surface area (Å²) in [4.78, 5) is 11.1. The minimum absolute atomic E-state index is 0.0890. The zero-order valence-electron chi connectivity index (χ0n) is 9.78. The van der Waals surface area contributed by atoms with Gasteiger partial charge >= 0.3 is 5.97 Å². The number of aromatic carboxylic acids is 1. The van der Waals surface area contributed by atoms with Gasteiger partial charge in [-0.2, -0.15) is 5.10 Å². The molecule has 0 aliphatic carbocycles. The van der Waals surface area contributed by atoms with Gasteiger partial charge < -0.3 is 9.84 Å². The van der Waals surface area contributed by atoms with E-state index in [1.54, 1.807) is 0 Å². The molecular weight excluding hydrogens is 258 g/mol. The van der Waals surface area contributed by atoms with Gasteiger partial charge in [0.1, 0.15) is 12.4 Å². The number of ether oxygens (including phenoxy) is 1. The summed E-state index contributed by atoms with van der Waals surface area (Å²) in [5.41, 5.74) is 0.665. The maximum atomic E-state index is 13.6. The maximum Gasteiger partial charge on any atom is 0.356 e. The summed E-state index contributed by atoms with van der Waals surface area (Å²) in [6, 6.07) is 1.82. The number of hydrogen-bond donors (Lipinski definition) is 1. The number of hydrogen-bond acceptors (Lipinski definition) is 3. The van der Waals surface area contributed by atoms with Gasteiger partial charge in [0, 0.05) is 18.7 Å². The SMILES string of the molecule is Cn1nc(C(=O)O)c2c1-c1cc(F)cc(F)c1OC2. The first kappa shape index (κ1) is 11.6. The van der Waals surface area contributed by atoms with E-state index in [1.165, 1.54) is 11.7 Å². The molecule has 0 saturated carbocycles. The van der Waals surface area contributed by atoms with Crippen molar-refractivity contribution in [2.45, 2.75) is 6.61 Å². The number of aromatic nitrogens is 2. The minimum Gasteiger partial charge on any atom is -0.485 e. The molecule has 0 amide bonds. The molecule has 19 heavy (non-hydrogen) atoms. The molecular formula is C12H8F2N2O3. The molecule has 7 heteroatoms. The lowest BCUT2D eigenvalue weighted by Crippen LogP contribution is -2.11. The molecule has 98 valence electrons. The lowest BCUT2D eigenvalue weighted by atomic mass is 10.0. The van der Waals surface area contributed by atoms with E-state index in [-0.39, 0.29) is 23.6 Å². The van der Waals surface area contributed by atoms with Crippen molar-refractivity contribution >= 4 is 5.97 Å². The predicted octanol–water partition coefficient (Wildman–Crippen LogP) is 1.96. The van der Waals surface area contributed by atoms with E-state index in [0.29, 0.717) is 11.3 Å². The van der Waals surface area contributed by atoms with Crippen molar-refractivity contribution in [3.05, 3.63) is 35.0 Å².